The zero-order chi connectivity index (χ0) is 2.71. The largest absolute Gasteiger partial charge is 0.145 e. The summed E-state index contributed by atoms with van der Waals surface area (Å²) in [5.74, 6) is 0. The maximum atomic E-state index is 4.51. The van der Waals surface area contributed by atoms with Crippen molar-refractivity contribution >= 4 is 53.1 Å². The van der Waals surface area contributed by atoms with E-state index in [9.17, 15) is 0 Å². The predicted octanol–water partition coefficient (Wildman–Crippen LogP) is 0.503. The number of halogens is 2. The molecule has 0 heterocycles. The Morgan fingerprint density at radius 2 is 1.25 bits per heavy atom. The Bertz CT molecular complexity index is 6.00. The SMILES string of the molecule is ClNCl.[Na]. The van der Waals surface area contributed by atoms with Crippen LogP contribution in [0.1, 0.15) is 0 Å². The molecule has 0 saturated carbocycles. The summed E-state index contributed by atoms with van der Waals surface area (Å²) < 4.78 is 1.69. The van der Waals surface area contributed by atoms with Crippen LogP contribution in [0.25, 0.3) is 0 Å². The molecular weight excluding hydrogens is 108 g/mol. The van der Waals surface area contributed by atoms with Gasteiger partial charge in [0, 0.05) is 29.6 Å². The van der Waals surface area contributed by atoms with E-state index in [1.807, 2.05) is 0 Å². The molecule has 0 atom stereocenters. The molecule has 0 rings (SSSR count). The number of hydrogen-bond donors (Lipinski definition) is 1. The Balaban J connectivity index is 0. The van der Waals surface area contributed by atoms with Crippen LogP contribution in [0.5, 0.6) is 0 Å². The Hall–Kier alpha value is 1.54. The molecule has 0 aliphatic heterocycles. The smallest absolute Gasteiger partial charge is 0 e. The second-order valence-electron chi connectivity index (χ2n) is 0.0714. The summed E-state index contributed by atoms with van der Waals surface area (Å²) in [4.78, 5) is 0. The Morgan fingerprint density at radius 3 is 1.25 bits per heavy atom. The molecule has 0 saturated heterocycles. The minimum atomic E-state index is 0. The summed E-state index contributed by atoms with van der Waals surface area (Å²) in [6.45, 7) is 0. The fraction of sp³-hybridized carbons (Fsp3) is 0. The quantitative estimate of drug-likeness (QED) is 0.352. The van der Waals surface area contributed by atoms with Gasteiger partial charge in [-0.2, -0.15) is 0 Å². The van der Waals surface area contributed by atoms with Gasteiger partial charge in [0.05, 0.1) is 0 Å². The molecule has 1 N–H and O–H groups in total. The van der Waals surface area contributed by atoms with Gasteiger partial charge >= 0.3 is 0 Å². The normalized spacial score (nSPS) is 4.50. The summed E-state index contributed by atoms with van der Waals surface area (Å²) >= 11 is 9.03. The van der Waals surface area contributed by atoms with Gasteiger partial charge in [0.1, 0.15) is 0 Å². The van der Waals surface area contributed by atoms with Gasteiger partial charge in [0.2, 0.25) is 0 Å². The molecule has 0 amide bonds. The Labute approximate surface area is 57.2 Å². The van der Waals surface area contributed by atoms with Gasteiger partial charge in [-0.3, -0.25) is 0 Å². The topological polar surface area (TPSA) is 12.0 Å². The van der Waals surface area contributed by atoms with Crippen LogP contribution in [-0.2, 0) is 0 Å². The van der Waals surface area contributed by atoms with E-state index in [1.165, 1.54) is 0 Å². The Morgan fingerprint density at radius 1 is 1.25 bits per heavy atom. The molecule has 0 spiro atoms. The van der Waals surface area contributed by atoms with Crippen LogP contribution in [0, 0.1) is 0 Å². The van der Waals surface area contributed by atoms with E-state index < -0.39 is 0 Å². The second kappa shape index (κ2) is 8.82. The van der Waals surface area contributed by atoms with Crippen molar-refractivity contribution in [3.8, 4) is 0 Å². The van der Waals surface area contributed by atoms with Crippen molar-refractivity contribution < 1.29 is 0 Å². The molecule has 0 aromatic rings. The maximum Gasteiger partial charge on any atom is 0 e. The molecule has 4 heteroatoms. The first-order valence-electron chi connectivity index (χ1n) is 0.378. The third kappa shape index (κ3) is 9.63. The number of rotatable bonds is 0. The van der Waals surface area contributed by atoms with Crippen molar-refractivity contribution in [2.45, 2.75) is 0 Å². The van der Waals surface area contributed by atoms with Crippen LogP contribution in [0.15, 0.2) is 0 Å². The van der Waals surface area contributed by atoms with E-state index >= 15 is 0 Å². The molecule has 1 nitrogen and oxygen atoms in total. The first-order chi connectivity index (χ1) is 1.41. The molecule has 0 aliphatic carbocycles. The molecule has 0 aliphatic rings. The zero-order valence-electron chi connectivity index (χ0n) is 2.26. The fourth-order valence-electron chi connectivity index (χ4n) is 0. The van der Waals surface area contributed by atoms with Crippen molar-refractivity contribution in [3.05, 3.63) is 0 Å². The molecular formula is HCl2NNa. The van der Waals surface area contributed by atoms with Crippen molar-refractivity contribution in [2.75, 3.05) is 0 Å². The van der Waals surface area contributed by atoms with E-state index in [1.54, 1.807) is 4.35 Å². The summed E-state index contributed by atoms with van der Waals surface area (Å²) in [6.07, 6.45) is 0. The molecule has 1 radical (unpaired) electrons. The van der Waals surface area contributed by atoms with Gasteiger partial charge in [-0.15, -0.1) is 4.35 Å². The van der Waals surface area contributed by atoms with Gasteiger partial charge < -0.3 is 0 Å². The summed E-state index contributed by atoms with van der Waals surface area (Å²) in [7, 11) is 0. The first-order valence-corrected chi connectivity index (χ1v) is 1.13. The molecule has 4 heavy (non-hydrogen) atoms. The number of hydrogen-bond acceptors (Lipinski definition) is 1. The van der Waals surface area contributed by atoms with Crippen molar-refractivity contribution in [3.63, 3.8) is 0 Å². The summed E-state index contributed by atoms with van der Waals surface area (Å²) in [6, 6.07) is 0. The molecule has 0 aromatic heterocycles. The van der Waals surface area contributed by atoms with Crippen LogP contribution in [0.3, 0.4) is 0 Å². The summed E-state index contributed by atoms with van der Waals surface area (Å²) in [5, 5.41) is 0. The Kier molecular flexibility index (Phi) is 20.1. The van der Waals surface area contributed by atoms with Crippen LogP contribution >= 0.6 is 23.6 Å². The molecule has 0 aromatic carbocycles. The van der Waals surface area contributed by atoms with Crippen molar-refractivity contribution in [1.82, 2.24) is 4.35 Å². The minimum Gasteiger partial charge on any atom is -0.145 e. The van der Waals surface area contributed by atoms with Gasteiger partial charge in [-0.1, -0.05) is 0 Å². The van der Waals surface area contributed by atoms with Gasteiger partial charge in [0.25, 0.3) is 0 Å². The van der Waals surface area contributed by atoms with Gasteiger partial charge in [0.15, 0.2) is 0 Å². The third-order valence-corrected chi connectivity index (χ3v) is 0. The molecule has 0 bridgehead atoms. The maximum absolute atomic E-state index is 4.51. The first kappa shape index (κ1) is 9.11. The average molecular weight is 109 g/mol. The van der Waals surface area contributed by atoms with E-state index in [0.717, 1.165) is 0 Å². The monoisotopic (exact) mass is 108 g/mol. The molecule has 0 fully saturated rings. The standard InChI is InChI=1S/Cl2HN.Na/c1-3-2;/h3H;. The van der Waals surface area contributed by atoms with Crippen LogP contribution in [0.4, 0.5) is 0 Å². The van der Waals surface area contributed by atoms with E-state index in [4.69, 9.17) is 0 Å². The van der Waals surface area contributed by atoms with E-state index in [0.29, 0.717) is 0 Å². The van der Waals surface area contributed by atoms with Crippen LogP contribution in [0.2, 0.25) is 0 Å². The number of nitrogens with one attached hydrogen (secondary N) is 1. The van der Waals surface area contributed by atoms with Gasteiger partial charge in [-0.05, 0) is 23.6 Å². The summed E-state index contributed by atoms with van der Waals surface area (Å²) in [5.41, 5.74) is 0. The fourth-order valence-corrected chi connectivity index (χ4v) is 0. The third-order valence-electron chi connectivity index (χ3n) is 0. The van der Waals surface area contributed by atoms with Crippen molar-refractivity contribution in [1.29, 1.82) is 0 Å². The molecule has 0 unspecified atom stereocenters. The van der Waals surface area contributed by atoms with Gasteiger partial charge in [-0.25, -0.2) is 0 Å². The molecule has 21 valence electrons. The van der Waals surface area contributed by atoms with E-state index in [-0.39, 0.29) is 29.6 Å². The van der Waals surface area contributed by atoms with E-state index in [2.05, 4.69) is 23.6 Å². The zero-order valence-corrected chi connectivity index (χ0v) is 5.77. The van der Waals surface area contributed by atoms with Crippen molar-refractivity contribution in [2.24, 2.45) is 0 Å². The minimum absolute atomic E-state index is 0. The second-order valence-corrected chi connectivity index (χ2v) is 0.643. The van der Waals surface area contributed by atoms with Crippen LogP contribution in [-0.4, -0.2) is 29.6 Å². The average Bonchev–Trinajstić information content (AvgIpc) is 0.918. The predicted molar refractivity (Wildman–Crippen MR) is 20.6 cm³/mol. The van der Waals surface area contributed by atoms with Crippen LogP contribution < -0.4 is 4.35 Å².